The fourth-order valence-electron chi connectivity index (χ4n) is 3.78. The van der Waals surface area contributed by atoms with Crippen molar-refractivity contribution in [3.8, 4) is 0 Å². The Morgan fingerprint density at radius 3 is 2.42 bits per heavy atom. The molecule has 2 heterocycles. The van der Waals surface area contributed by atoms with Crippen molar-refractivity contribution in [3.05, 3.63) is 59.2 Å². The Hall–Kier alpha value is -2.43. The van der Waals surface area contributed by atoms with E-state index in [9.17, 15) is 4.79 Å². The SMILES string of the molecule is Cc1cccc2c1N(C(=O)CN1CCN(C)CC1)c1ccccc1C=C2. The van der Waals surface area contributed by atoms with Gasteiger partial charge in [-0.1, -0.05) is 48.6 Å². The normalized spacial score (nSPS) is 17.5. The molecule has 2 aromatic carbocycles. The lowest BCUT2D eigenvalue weighted by Crippen LogP contribution is -2.48. The van der Waals surface area contributed by atoms with Gasteiger partial charge >= 0.3 is 0 Å². The van der Waals surface area contributed by atoms with E-state index in [1.165, 1.54) is 0 Å². The maximum Gasteiger partial charge on any atom is 0.245 e. The van der Waals surface area contributed by atoms with Crippen LogP contribution in [0.5, 0.6) is 0 Å². The van der Waals surface area contributed by atoms with Gasteiger partial charge in [0.2, 0.25) is 5.91 Å². The summed E-state index contributed by atoms with van der Waals surface area (Å²) in [5, 5.41) is 0. The molecule has 1 fully saturated rings. The first-order chi connectivity index (χ1) is 12.6. The minimum absolute atomic E-state index is 0.140. The van der Waals surface area contributed by atoms with Crippen LogP contribution in [0.3, 0.4) is 0 Å². The number of rotatable bonds is 2. The first-order valence-electron chi connectivity index (χ1n) is 9.24. The molecule has 0 saturated carbocycles. The summed E-state index contributed by atoms with van der Waals surface area (Å²) in [5.74, 6) is 0.140. The Balaban J connectivity index is 1.72. The monoisotopic (exact) mass is 347 g/mol. The van der Waals surface area contributed by atoms with Crippen molar-refractivity contribution in [1.82, 2.24) is 9.80 Å². The van der Waals surface area contributed by atoms with E-state index >= 15 is 0 Å². The average Bonchev–Trinajstić information content (AvgIpc) is 2.81. The van der Waals surface area contributed by atoms with Crippen molar-refractivity contribution in [2.24, 2.45) is 0 Å². The van der Waals surface area contributed by atoms with Crippen molar-refractivity contribution in [2.45, 2.75) is 6.92 Å². The van der Waals surface area contributed by atoms with E-state index in [-0.39, 0.29) is 5.91 Å². The van der Waals surface area contributed by atoms with E-state index < -0.39 is 0 Å². The number of nitrogens with zero attached hydrogens (tertiary/aromatic N) is 3. The molecule has 0 spiro atoms. The standard InChI is InChI=1S/C22H25N3O/c1-17-6-5-8-19-11-10-18-7-3-4-9-20(18)25(22(17)19)21(26)16-24-14-12-23(2)13-15-24/h3-11H,12-16H2,1-2H3. The van der Waals surface area contributed by atoms with Crippen LogP contribution in [0.2, 0.25) is 0 Å². The van der Waals surface area contributed by atoms with Crippen molar-refractivity contribution >= 4 is 29.4 Å². The molecule has 4 rings (SSSR count). The predicted molar refractivity (Wildman–Crippen MR) is 108 cm³/mol. The average molecular weight is 347 g/mol. The number of piperazine rings is 1. The number of benzene rings is 2. The molecule has 134 valence electrons. The quantitative estimate of drug-likeness (QED) is 0.833. The summed E-state index contributed by atoms with van der Waals surface area (Å²) < 4.78 is 0. The van der Waals surface area contributed by atoms with Crippen LogP contribution >= 0.6 is 0 Å². The first kappa shape index (κ1) is 17.0. The van der Waals surface area contributed by atoms with Gasteiger partial charge in [-0.25, -0.2) is 0 Å². The summed E-state index contributed by atoms with van der Waals surface area (Å²) in [6, 6.07) is 14.4. The van der Waals surface area contributed by atoms with Gasteiger partial charge in [0.25, 0.3) is 0 Å². The summed E-state index contributed by atoms with van der Waals surface area (Å²) in [4.78, 5) is 19.9. The van der Waals surface area contributed by atoms with Crippen molar-refractivity contribution in [3.63, 3.8) is 0 Å². The third-order valence-corrected chi connectivity index (χ3v) is 5.32. The van der Waals surface area contributed by atoms with Crippen LogP contribution in [0.25, 0.3) is 12.2 Å². The van der Waals surface area contributed by atoms with Gasteiger partial charge < -0.3 is 4.90 Å². The highest BCUT2D eigenvalue weighted by molar-refractivity contribution is 6.07. The Bertz CT molecular complexity index is 850. The number of fused-ring (bicyclic) bond motifs is 2. The molecule has 1 amide bonds. The third-order valence-electron chi connectivity index (χ3n) is 5.32. The molecule has 0 bridgehead atoms. The van der Waals surface area contributed by atoms with Crippen LogP contribution in [0.4, 0.5) is 11.4 Å². The Kier molecular flexibility index (Phi) is 4.62. The number of hydrogen-bond donors (Lipinski definition) is 0. The maximum absolute atomic E-state index is 13.4. The van der Waals surface area contributed by atoms with Gasteiger partial charge in [0.05, 0.1) is 17.9 Å². The number of hydrogen-bond acceptors (Lipinski definition) is 3. The van der Waals surface area contributed by atoms with Crippen LogP contribution in [0.15, 0.2) is 42.5 Å². The van der Waals surface area contributed by atoms with E-state index in [1.807, 2.05) is 23.1 Å². The summed E-state index contributed by atoms with van der Waals surface area (Å²) in [5.41, 5.74) is 5.27. The van der Waals surface area contributed by atoms with Gasteiger partial charge in [0.1, 0.15) is 0 Å². The smallest absolute Gasteiger partial charge is 0.245 e. The van der Waals surface area contributed by atoms with Crippen LogP contribution in [-0.2, 0) is 4.79 Å². The molecular weight excluding hydrogens is 322 g/mol. The third kappa shape index (κ3) is 3.18. The number of anilines is 2. The summed E-state index contributed by atoms with van der Waals surface area (Å²) in [7, 11) is 2.13. The fraction of sp³-hybridized carbons (Fsp3) is 0.318. The Morgan fingerprint density at radius 2 is 1.62 bits per heavy atom. The number of amides is 1. The van der Waals surface area contributed by atoms with Gasteiger partial charge in [-0.2, -0.15) is 0 Å². The molecule has 4 nitrogen and oxygen atoms in total. The maximum atomic E-state index is 13.4. The van der Waals surface area contributed by atoms with Gasteiger partial charge in [-0.05, 0) is 36.7 Å². The van der Waals surface area contributed by atoms with Crippen LogP contribution < -0.4 is 4.90 Å². The zero-order valence-corrected chi connectivity index (χ0v) is 15.5. The Morgan fingerprint density at radius 1 is 0.923 bits per heavy atom. The molecular formula is C22H25N3O. The van der Waals surface area contributed by atoms with E-state index in [0.717, 1.165) is 54.2 Å². The molecule has 2 aromatic rings. The van der Waals surface area contributed by atoms with E-state index in [0.29, 0.717) is 6.54 Å². The Labute approximate surface area is 155 Å². The minimum atomic E-state index is 0.140. The molecule has 0 atom stereocenters. The van der Waals surface area contributed by atoms with Crippen molar-refractivity contribution in [1.29, 1.82) is 0 Å². The summed E-state index contributed by atoms with van der Waals surface area (Å²) in [6.07, 6.45) is 4.22. The highest BCUT2D eigenvalue weighted by atomic mass is 16.2. The molecule has 0 radical (unpaired) electrons. The molecule has 1 saturated heterocycles. The van der Waals surface area contributed by atoms with E-state index in [2.05, 4.69) is 60.2 Å². The number of likely N-dealkylation sites (N-methyl/N-ethyl adjacent to an activating group) is 1. The van der Waals surface area contributed by atoms with Gasteiger partial charge in [0, 0.05) is 26.2 Å². The summed E-state index contributed by atoms with van der Waals surface area (Å²) in [6.45, 7) is 6.45. The van der Waals surface area contributed by atoms with Crippen LogP contribution in [-0.4, -0.2) is 55.5 Å². The predicted octanol–water partition coefficient (Wildman–Crippen LogP) is 3.39. The highest BCUT2D eigenvalue weighted by Crippen LogP contribution is 2.38. The van der Waals surface area contributed by atoms with Crippen LogP contribution in [0.1, 0.15) is 16.7 Å². The lowest BCUT2D eigenvalue weighted by molar-refractivity contribution is -0.119. The van der Waals surface area contributed by atoms with Crippen molar-refractivity contribution in [2.75, 3.05) is 44.7 Å². The zero-order chi connectivity index (χ0) is 18.1. The molecule has 0 aromatic heterocycles. The number of aryl methyl sites for hydroxylation is 1. The molecule has 2 aliphatic rings. The molecule has 0 aliphatic carbocycles. The molecule has 2 aliphatic heterocycles. The lowest BCUT2D eigenvalue weighted by atomic mass is 10.1. The molecule has 0 N–H and O–H groups in total. The van der Waals surface area contributed by atoms with E-state index in [1.54, 1.807) is 0 Å². The van der Waals surface area contributed by atoms with Gasteiger partial charge in [-0.15, -0.1) is 0 Å². The summed E-state index contributed by atoms with van der Waals surface area (Å²) >= 11 is 0. The molecule has 0 unspecified atom stereocenters. The largest absolute Gasteiger partial charge is 0.304 e. The highest BCUT2D eigenvalue weighted by Gasteiger charge is 2.27. The van der Waals surface area contributed by atoms with Crippen LogP contribution in [0, 0.1) is 6.92 Å². The number of carbonyl (C=O) groups is 1. The second-order valence-corrected chi connectivity index (χ2v) is 7.21. The topological polar surface area (TPSA) is 26.8 Å². The first-order valence-corrected chi connectivity index (χ1v) is 9.24. The molecule has 4 heteroatoms. The fourth-order valence-corrected chi connectivity index (χ4v) is 3.78. The van der Waals surface area contributed by atoms with Crippen molar-refractivity contribution < 1.29 is 4.79 Å². The lowest BCUT2D eigenvalue weighted by Gasteiger charge is -2.34. The minimum Gasteiger partial charge on any atom is -0.304 e. The van der Waals surface area contributed by atoms with E-state index in [4.69, 9.17) is 0 Å². The second kappa shape index (κ2) is 7.06. The second-order valence-electron chi connectivity index (χ2n) is 7.21. The molecule has 26 heavy (non-hydrogen) atoms. The number of para-hydroxylation sites is 2. The van der Waals surface area contributed by atoms with Gasteiger partial charge in [-0.3, -0.25) is 14.6 Å². The van der Waals surface area contributed by atoms with Gasteiger partial charge in [0.15, 0.2) is 0 Å². The zero-order valence-electron chi connectivity index (χ0n) is 15.5. The number of carbonyl (C=O) groups excluding carboxylic acids is 1.